The second kappa shape index (κ2) is 6.30. The first-order valence-electron chi connectivity index (χ1n) is 6.49. The highest BCUT2D eigenvalue weighted by molar-refractivity contribution is 6.68. The Balaban J connectivity index is 2.24. The van der Waals surface area contributed by atoms with E-state index in [9.17, 15) is 0 Å². The molecule has 0 atom stereocenters. The molecule has 0 saturated carbocycles. The van der Waals surface area contributed by atoms with Crippen molar-refractivity contribution in [1.29, 1.82) is 0 Å². The van der Waals surface area contributed by atoms with Crippen molar-refractivity contribution in [2.75, 3.05) is 7.05 Å². The SMILES string of the molecule is CN=C(N=C(Cl)N=CCl)c1cccc2c1oc1ccccc12. The van der Waals surface area contributed by atoms with Crippen molar-refractivity contribution in [3.8, 4) is 0 Å². The van der Waals surface area contributed by atoms with Crippen LogP contribution in [0.3, 0.4) is 0 Å². The van der Waals surface area contributed by atoms with Gasteiger partial charge < -0.3 is 4.42 Å². The van der Waals surface area contributed by atoms with Crippen LogP contribution < -0.4 is 0 Å². The van der Waals surface area contributed by atoms with E-state index in [2.05, 4.69) is 15.0 Å². The fourth-order valence-corrected chi connectivity index (χ4v) is 2.58. The summed E-state index contributed by atoms with van der Waals surface area (Å²) in [7, 11) is 1.63. The second-order valence-electron chi connectivity index (χ2n) is 4.44. The third-order valence-corrected chi connectivity index (χ3v) is 3.49. The molecule has 2 aromatic carbocycles. The van der Waals surface area contributed by atoms with Crippen LogP contribution in [0.4, 0.5) is 0 Å². The van der Waals surface area contributed by atoms with Gasteiger partial charge in [-0.05, 0) is 23.7 Å². The summed E-state index contributed by atoms with van der Waals surface area (Å²) >= 11 is 11.3. The maximum Gasteiger partial charge on any atom is 0.225 e. The minimum Gasteiger partial charge on any atom is -0.455 e. The number of rotatable bonds is 1. The molecule has 0 N–H and O–H groups in total. The lowest BCUT2D eigenvalue weighted by atomic mass is 10.1. The van der Waals surface area contributed by atoms with Gasteiger partial charge in [0.25, 0.3) is 0 Å². The Morgan fingerprint density at radius 3 is 2.64 bits per heavy atom. The molecule has 0 spiro atoms. The van der Waals surface area contributed by atoms with E-state index in [1.165, 1.54) is 0 Å². The van der Waals surface area contributed by atoms with Gasteiger partial charge in [-0.2, -0.15) is 4.99 Å². The number of halogens is 2. The largest absolute Gasteiger partial charge is 0.455 e. The van der Waals surface area contributed by atoms with Gasteiger partial charge in [-0.1, -0.05) is 41.9 Å². The van der Waals surface area contributed by atoms with E-state index in [0.29, 0.717) is 11.4 Å². The predicted molar refractivity (Wildman–Crippen MR) is 93.8 cm³/mol. The van der Waals surface area contributed by atoms with E-state index in [1.807, 2.05) is 42.5 Å². The van der Waals surface area contributed by atoms with E-state index >= 15 is 0 Å². The van der Waals surface area contributed by atoms with Gasteiger partial charge in [-0.15, -0.1) is 0 Å². The van der Waals surface area contributed by atoms with Crippen LogP contribution in [0.25, 0.3) is 21.9 Å². The van der Waals surface area contributed by atoms with Crippen LogP contribution in [0.1, 0.15) is 5.56 Å². The van der Waals surface area contributed by atoms with Crippen molar-refractivity contribution in [2.24, 2.45) is 15.0 Å². The van der Waals surface area contributed by atoms with Crippen LogP contribution >= 0.6 is 23.2 Å². The quantitative estimate of drug-likeness (QED) is 0.358. The second-order valence-corrected chi connectivity index (χ2v) is 4.97. The first-order chi connectivity index (χ1) is 10.7. The first kappa shape index (κ1) is 14.8. The van der Waals surface area contributed by atoms with Crippen LogP contribution in [-0.2, 0) is 0 Å². The molecule has 0 fully saturated rings. The van der Waals surface area contributed by atoms with Gasteiger partial charge in [0, 0.05) is 17.8 Å². The number of furan rings is 1. The maximum absolute atomic E-state index is 5.95. The van der Waals surface area contributed by atoms with Gasteiger partial charge in [0.1, 0.15) is 11.2 Å². The average molecular weight is 332 g/mol. The van der Waals surface area contributed by atoms with E-state index < -0.39 is 0 Å². The van der Waals surface area contributed by atoms with Crippen molar-refractivity contribution in [3.63, 3.8) is 0 Å². The number of fused-ring (bicyclic) bond motifs is 3. The molecule has 3 aromatic rings. The number of nitrogens with zero attached hydrogens (tertiary/aromatic N) is 3. The summed E-state index contributed by atoms with van der Waals surface area (Å²) in [5.41, 5.74) is 3.33. The number of benzene rings is 2. The summed E-state index contributed by atoms with van der Waals surface area (Å²) in [6.07, 6.45) is 0. The maximum atomic E-state index is 5.95. The van der Waals surface area contributed by atoms with E-state index in [4.69, 9.17) is 27.6 Å². The highest BCUT2D eigenvalue weighted by atomic mass is 35.5. The molecule has 0 bridgehead atoms. The lowest BCUT2D eigenvalue weighted by molar-refractivity contribution is 0.668. The third-order valence-electron chi connectivity index (χ3n) is 3.21. The molecule has 4 nitrogen and oxygen atoms in total. The van der Waals surface area contributed by atoms with E-state index in [1.54, 1.807) is 7.05 Å². The predicted octanol–water partition coefficient (Wildman–Crippen LogP) is 4.82. The topological polar surface area (TPSA) is 50.2 Å². The van der Waals surface area contributed by atoms with Crippen LogP contribution in [0, 0.1) is 0 Å². The van der Waals surface area contributed by atoms with E-state index in [-0.39, 0.29) is 5.29 Å². The summed E-state index contributed by atoms with van der Waals surface area (Å²) < 4.78 is 5.95. The molecule has 6 heteroatoms. The van der Waals surface area contributed by atoms with Gasteiger partial charge in [0.2, 0.25) is 5.29 Å². The number of para-hydroxylation sites is 2. The Hall–Kier alpha value is -2.17. The highest BCUT2D eigenvalue weighted by Gasteiger charge is 2.14. The Morgan fingerprint density at radius 1 is 1.09 bits per heavy atom. The molecule has 0 aliphatic carbocycles. The van der Waals surface area contributed by atoms with Crippen molar-refractivity contribution in [1.82, 2.24) is 0 Å². The van der Waals surface area contributed by atoms with Gasteiger partial charge in [-0.3, -0.25) is 4.99 Å². The molecule has 22 heavy (non-hydrogen) atoms. The Labute approximate surface area is 136 Å². The zero-order valence-electron chi connectivity index (χ0n) is 11.6. The molecule has 0 radical (unpaired) electrons. The molecular weight excluding hydrogens is 321 g/mol. The van der Waals surface area contributed by atoms with Crippen molar-refractivity contribution in [3.05, 3.63) is 48.0 Å². The Kier molecular flexibility index (Phi) is 4.22. The zero-order valence-corrected chi connectivity index (χ0v) is 13.1. The Morgan fingerprint density at radius 2 is 1.86 bits per heavy atom. The third kappa shape index (κ3) is 2.63. The monoisotopic (exact) mass is 331 g/mol. The molecular formula is C16H11Cl2N3O. The zero-order chi connectivity index (χ0) is 15.5. The van der Waals surface area contributed by atoms with Gasteiger partial charge in [0.05, 0.1) is 11.2 Å². The van der Waals surface area contributed by atoms with Gasteiger partial charge >= 0.3 is 0 Å². The smallest absolute Gasteiger partial charge is 0.225 e. The standard InChI is InChI=1S/C16H11Cl2N3O/c1-19-15(21-16(18)20-9-17)12-7-4-6-11-10-5-2-3-8-13(10)22-14(11)12/h2-9H,1H3. The lowest BCUT2D eigenvalue weighted by Crippen LogP contribution is -2.00. The molecule has 0 saturated heterocycles. The van der Waals surface area contributed by atoms with Crippen molar-refractivity contribution in [2.45, 2.75) is 0 Å². The summed E-state index contributed by atoms with van der Waals surface area (Å²) in [5, 5.41) is 2.05. The Bertz CT molecular complexity index is 925. The molecule has 3 rings (SSSR count). The number of hydrogen-bond donors (Lipinski definition) is 0. The minimum atomic E-state index is 0.00344. The van der Waals surface area contributed by atoms with Crippen LogP contribution in [0.5, 0.6) is 0 Å². The van der Waals surface area contributed by atoms with Crippen molar-refractivity contribution >= 4 is 61.9 Å². The van der Waals surface area contributed by atoms with Gasteiger partial charge in [-0.25, -0.2) is 4.99 Å². The summed E-state index contributed by atoms with van der Waals surface area (Å²) in [6.45, 7) is 0. The number of aliphatic imine (C=N–C) groups is 3. The summed E-state index contributed by atoms with van der Waals surface area (Å²) in [6, 6.07) is 13.7. The molecule has 0 amide bonds. The molecule has 1 heterocycles. The molecule has 0 aliphatic heterocycles. The van der Waals surface area contributed by atoms with Gasteiger partial charge in [0.15, 0.2) is 5.84 Å². The number of amidine groups is 2. The summed E-state index contributed by atoms with van der Waals surface area (Å²) in [4.78, 5) is 12.0. The minimum absolute atomic E-state index is 0.00344. The van der Waals surface area contributed by atoms with E-state index in [0.717, 1.165) is 27.6 Å². The molecule has 110 valence electrons. The highest BCUT2D eigenvalue weighted by Crippen LogP contribution is 2.31. The normalized spacial score (nSPS) is 13.6. The van der Waals surface area contributed by atoms with Crippen LogP contribution in [-0.4, -0.2) is 23.9 Å². The van der Waals surface area contributed by atoms with Crippen LogP contribution in [0.2, 0.25) is 0 Å². The molecule has 0 unspecified atom stereocenters. The average Bonchev–Trinajstić information content (AvgIpc) is 2.91. The molecule has 1 aromatic heterocycles. The summed E-state index contributed by atoms with van der Waals surface area (Å²) in [5.74, 6) is 0.428. The lowest BCUT2D eigenvalue weighted by Gasteiger charge is -2.01. The first-order valence-corrected chi connectivity index (χ1v) is 7.30. The molecule has 0 aliphatic rings. The van der Waals surface area contributed by atoms with Crippen LogP contribution in [0.15, 0.2) is 61.9 Å². The fourth-order valence-electron chi connectivity index (χ4n) is 2.31. The fraction of sp³-hybridized carbons (Fsp3) is 0.0625. The van der Waals surface area contributed by atoms with Crippen molar-refractivity contribution < 1.29 is 4.42 Å². The number of hydrogen-bond acceptors (Lipinski definition) is 2.